The molecule has 0 spiro atoms. The van der Waals surface area contributed by atoms with Gasteiger partial charge in [-0.2, -0.15) is 0 Å². The van der Waals surface area contributed by atoms with Crippen LogP contribution in [0.5, 0.6) is 0 Å². The van der Waals surface area contributed by atoms with Crippen LogP contribution in [-0.4, -0.2) is 31.2 Å². The van der Waals surface area contributed by atoms with Crippen molar-refractivity contribution in [2.45, 2.75) is 31.8 Å². The summed E-state index contributed by atoms with van der Waals surface area (Å²) in [5.41, 5.74) is 8.89. The van der Waals surface area contributed by atoms with Gasteiger partial charge in [0.05, 0.1) is 6.10 Å². The number of hydrogen-bond acceptors (Lipinski definition) is 4. The van der Waals surface area contributed by atoms with E-state index in [1.54, 1.807) is 24.3 Å². The van der Waals surface area contributed by atoms with Crippen molar-refractivity contribution < 1.29 is 14.3 Å². The molecule has 1 fully saturated rings. The van der Waals surface area contributed by atoms with Gasteiger partial charge in [0.15, 0.2) is 0 Å². The van der Waals surface area contributed by atoms with Crippen molar-refractivity contribution >= 4 is 41.4 Å². The molecule has 3 amide bonds. The fourth-order valence-corrected chi connectivity index (χ4v) is 3.06. The van der Waals surface area contributed by atoms with Gasteiger partial charge in [0.2, 0.25) is 5.91 Å². The molecule has 1 heterocycles. The largest absolute Gasteiger partial charge is 0.399 e. The molecule has 0 bridgehead atoms. The van der Waals surface area contributed by atoms with Gasteiger partial charge in [0.1, 0.15) is 0 Å². The van der Waals surface area contributed by atoms with E-state index in [0.29, 0.717) is 36.4 Å². The molecule has 1 atom stereocenters. The van der Waals surface area contributed by atoms with Gasteiger partial charge in [-0.25, -0.2) is 4.79 Å². The Morgan fingerprint density at radius 3 is 2.38 bits per heavy atom. The van der Waals surface area contributed by atoms with Crippen molar-refractivity contribution in [2.24, 2.45) is 0 Å². The number of rotatable bonds is 7. The number of amides is 3. The molecule has 1 saturated heterocycles. The first-order valence-corrected chi connectivity index (χ1v) is 9.50. The van der Waals surface area contributed by atoms with E-state index in [1.807, 2.05) is 24.3 Å². The molecule has 156 valence electrons. The van der Waals surface area contributed by atoms with E-state index < -0.39 is 0 Å². The Labute approximate surface area is 176 Å². The zero-order valence-corrected chi connectivity index (χ0v) is 17.0. The summed E-state index contributed by atoms with van der Waals surface area (Å²) in [7, 11) is 0. The van der Waals surface area contributed by atoms with Gasteiger partial charge in [-0.05, 0) is 55.2 Å². The summed E-state index contributed by atoms with van der Waals surface area (Å²) >= 11 is 0. The van der Waals surface area contributed by atoms with E-state index in [1.165, 1.54) is 0 Å². The number of benzene rings is 2. The number of aryl methyl sites for hydroxylation is 1. The van der Waals surface area contributed by atoms with Crippen molar-refractivity contribution in [1.82, 2.24) is 5.32 Å². The SMILES string of the molecule is Cl.Nc1ccccc1CCC(=O)Nc1ccc(NC(=O)NCC2CCCO2)cc1. The average molecular weight is 419 g/mol. The van der Waals surface area contributed by atoms with Gasteiger partial charge >= 0.3 is 6.03 Å². The number of hydrogen-bond donors (Lipinski definition) is 4. The summed E-state index contributed by atoms with van der Waals surface area (Å²) in [5.74, 6) is -0.0849. The maximum absolute atomic E-state index is 12.1. The predicted molar refractivity (Wildman–Crippen MR) is 117 cm³/mol. The number of carbonyl (C=O) groups excluding carboxylic acids is 2. The van der Waals surface area contributed by atoms with Crippen LogP contribution in [0, 0.1) is 0 Å². The lowest BCUT2D eigenvalue weighted by molar-refractivity contribution is -0.116. The number of halogens is 1. The first kappa shape index (κ1) is 22.5. The fraction of sp³-hybridized carbons (Fsp3) is 0.333. The minimum absolute atomic E-state index is 0. The van der Waals surface area contributed by atoms with Crippen LogP contribution in [0.1, 0.15) is 24.8 Å². The Kier molecular flexibility index (Phi) is 8.76. The van der Waals surface area contributed by atoms with E-state index in [-0.39, 0.29) is 30.4 Å². The summed E-state index contributed by atoms with van der Waals surface area (Å²) in [6.45, 7) is 1.27. The molecular formula is C21H27ClN4O3. The van der Waals surface area contributed by atoms with Crippen LogP contribution in [-0.2, 0) is 16.0 Å². The highest BCUT2D eigenvalue weighted by molar-refractivity contribution is 5.92. The third-order valence-electron chi connectivity index (χ3n) is 4.62. The Balaban J connectivity index is 0.00000300. The lowest BCUT2D eigenvalue weighted by Crippen LogP contribution is -2.35. The third-order valence-corrected chi connectivity index (χ3v) is 4.62. The van der Waals surface area contributed by atoms with E-state index in [2.05, 4.69) is 16.0 Å². The predicted octanol–water partition coefficient (Wildman–Crippen LogP) is 3.56. The molecular weight excluding hydrogens is 392 g/mol. The lowest BCUT2D eigenvalue weighted by Gasteiger charge is -2.12. The van der Waals surface area contributed by atoms with Gasteiger partial charge in [0.25, 0.3) is 0 Å². The molecule has 29 heavy (non-hydrogen) atoms. The second-order valence-corrected chi connectivity index (χ2v) is 6.79. The van der Waals surface area contributed by atoms with Crippen LogP contribution in [0.25, 0.3) is 0 Å². The lowest BCUT2D eigenvalue weighted by atomic mass is 10.1. The maximum atomic E-state index is 12.1. The van der Waals surface area contributed by atoms with Crippen LogP contribution >= 0.6 is 12.4 Å². The molecule has 0 aromatic heterocycles. The van der Waals surface area contributed by atoms with E-state index in [4.69, 9.17) is 10.5 Å². The zero-order valence-electron chi connectivity index (χ0n) is 16.1. The van der Waals surface area contributed by atoms with Gasteiger partial charge < -0.3 is 26.4 Å². The van der Waals surface area contributed by atoms with Gasteiger partial charge in [0, 0.05) is 36.6 Å². The second-order valence-electron chi connectivity index (χ2n) is 6.79. The monoisotopic (exact) mass is 418 g/mol. The molecule has 2 aromatic rings. The highest BCUT2D eigenvalue weighted by Gasteiger charge is 2.16. The molecule has 1 aliphatic heterocycles. The number of ether oxygens (including phenoxy) is 1. The Hall–Kier alpha value is -2.77. The molecule has 0 aliphatic carbocycles. The smallest absolute Gasteiger partial charge is 0.319 e. The van der Waals surface area contributed by atoms with Gasteiger partial charge in [-0.3, -0.25) is 4.79 Å². The summed E-state index contributed by atoms with van der Waals surface area (Å²) in [5, 5.41) is 8.42. The van der Waals surface area contributed by atoms with Crippen LogP contribution in [0.2, 0.25) is 0 Å². The molecule has 0 radical (unpaired) electrons. The summed E-state index contributed by atoms with van der Waals surface area (Å²) < 4.78 is 5.47. The van der Waals surface area contributed by atoms with Crippen molar-refractivity contribution in [2.75, 3.05) is 29.5 Å². The number of anilines is 3. The minimum atomic E-state index is -0.271. The highest BCUT2D eigenvalue weighted by Crippen LogP contribution is 2.16. The first-order valence-electron chi connectivity index (χ1n) is 9.50. The number of para-hydroxylation sites is 1. The summed E-state index contributed by atoms with van der Waals surface area (Å²) in [6.07, 6.45) is 3.06. The van der Waals surface area contributed by atoms with Gasteiger partial charge in [-0.1, -0.05) is 18.2 Å². The molecule has 7 nitrogen and oxygen atoms in total. The molecule has 1 aliphatic rings. The van der Waals surface area contributed by atoms with Crippen LogP contribution in [0.4, 0.5) is 21.9 Å². The molecule has 3 rings (SSSR count). The van der Waals surface area contributed by atoms with Crippen molar-refractivity contribution in [3.63, 3.8) is 0 Å². The van der Waals surface area contributed by atoms with Crippen molar-refractivity contribution in [3.05, 3.63) is 54.1 Å². The van der Waals surface area contributed by atoms with E-state index >= 15 is 0 Å². The third kappa shape index (κ3) is 7.29. The quantitative estimate of drug-likeness (QED) is 0.516. The summed E-state index contributed by atoms with van der Waals surface area (Å²) in [6, 6.07) is 14.3. The molecule has 5 N–H and O–H groups in total. The number of urea groups is 1. The Morgan fingerprint density at radius 1 is 1.03 bits per heavy atom. The molecule has 0 saturated carbocycles. The van der Waals surface area contributed by atoms with Crippen molar-refractivity contribution in [1.29, 1.82) is 0 Å². The molecule has 2 aromatic carbocycles. The van der Waals surface area contributed by atoms with Gasteiger partial charge in [-0.15, -0.1) is 12.4 Å². The Morgan fingerprint density at radius 2 is 1.72 bits per heavy atom. The summed E-state index contributed by atoms with van der Waals surface area (Å²) in [4.78, 5) is 24.0. The van der Waals surface area contributed by atoms with E-state index in [9.17, 15) is 9.59 Å². The highest BCUT2D eigenvalue weighted by atomic mass is 35.5. The minimum Gasteiger partial charge on any atom is -0.399 e. The number of nitrogens with two attached hydrogens (primary N) is 1. The number of carbonyl (C=O) groups is 2. The van der Waals surface area contributed by atoms with E-state index in [0.717, 1.165) is 25.0 Å². The fourth-order valence-electron chi connectivity index (χ4n) is 3.06. The van der Waals surface area contributed by atoms with Crippen LogP contribution in [0.15, 0.2) is 48.5 Å². The standard InChI is InChI=1S/C21H26N4O3.ClH/c22-19-6-2-1-4-15(19)7-12-20(26)24-16-8-10-17(11-9-16)25-21(27)23-14-18-5-3-13-28-18;/h1-2,4,6,8-11,18H,3,5,7,12-14,22H2,(H,24,26)(H2,23,25,27);1H. The van der Waals surface area contributed by atoms with Crippen LogP contribution in [0.3, 0.4) is 0 Å². The topological polar surface area (TPSA) is 105 Å². The number of nitrogen functional groups attached to an aromatic ring is 1. The normalized spacial score (nSPS) is 15.2. The first-order chi connectivity index (χ1) is 13.6. The zero-order chi connectivity index (χ0) is 19.8. The number of nitrogens with one attached hydrogen (secondary N) is 3. The second kappa shape index (κ2) is 11.3. The van der Waals surface area contributed by atoms with Crippen LogP contribution < -0.4 is 21.7 Å². The van der Waals surface area contributed by atoms with Crippen molar-refractivity contribution in [3.8, 4) is 0 Å². The maximum Gasteiger partial charge on any atom is 0.319 e. The molecule has 1 unspecified atom stereocenters. The average Bonchev–Trinajstić information content (AvgIpc) is 3.21. The molecule has 8 heteroatoms. The Bertz CT molecular complexity index is 808.